The summed E-state index contributed by atoms with van der Waals surface area (Å²) in [5.41, 5.74) is 6.76. The summed E-state index contributed by atoms with van der Waals surface area (Å²) in [7, 11) is 1.62. The highest BCUT2D eigenvalue weighted by Gasteiger charge is 2.29. The Morgan fingerprint density at radius 2 is 2.22 bits per heavy atom. The maximum absolute atomic E-state index is 12.0. The molecule has 0 atom stereocenters. The number of hydrogen-bond donors (Lipinski definition) is 2. The zero-order chi connectivity index (χ0) is 16.2. The van der Waals surface area contributed by atoms with Gasteiger partial charge in [0, 0.05) is 18.2 Å². The Hall–Kier alpha value is -2.22. The number of nitrogen functional groups attached to an aromatic ring is 1. The molecular formula is C15H19N5O2S. The smallest absolute Gasteiger partial charge is 0.230 e. The van der Waals surface area contributed by atoms with Crippen molar-refractivity contribution in [2.24, 2.45) is 0 Å². The molecular weight excluding hydrogens is 314 g/mol. The molecule has 1 fully saturated rings. The van der Waals surface area contributed by atoms with Gasteiger partial charge in [-0.3, -0.25) is 9.36 Å². The number of carbonyl (C=O) groups is 1. The van der Waals surface area contributed by atoms with Gasteiger partial charge in [-0.15, -0.1) is 10.2 Å². The SMILES string of the molecule is COc1ccccc1CNC(=O)CSc1nnc(N)n1C1CC1. The summed E-state index contributed by atoms with van der Waals surface area (Å²) in [6, 6.07) is 8.01. The fraction of sp³-hybridized carbons (Fsp3) is 0.400. The van der Waals surface area contributed by atoms with E-state index in [4.69, 9.17) is 10.5 Å². The number of amides is 1. The zero-order valence-electron chi connectivity index (χ0n) is 12.9. The molecule has 8 heteroatoms. The molecule has 0 unspecified atom stereocenters. The molecule has 1 aliphatic rings. The van der Waals surface area contributed by atoms with Gasteiger partial charge < -0.3 is 15.8 Å². The number of nitrogens with one attached hydrogen (secondary N) is 1. The number of thioether (sulfide) groups is 1. The second-order valence-electron chi connectivity index (χ2n) is 5.32. The molecule has 3 N–H and O–H groups in total. The summed E-state index contributed by atoms with van der Waals surface area (Å²) >= 11 is 1.36. The molecule has 2 aromatic rings. The lowest BCUT2D eigenvalue weighted by atomic mass is 10.2. The highest BCUT2D eigenvalue weighted by Crippen LogP contribution is 2.39. The predicted octanol–water partition coefficient (Wildman–Crippen LogP) is 1.61. The number of aromatic nitrogens is 3. The molecule has 0 spiro atoms. The minimum absolute atomic E-state index is 0.0650. The first-order chi connectivity index (χ1) is 11.2. The number of rotatable bonds is 7. The Balaban J connectivity index is 1.52. The van der Waals surface area contributed by atoms with Crippen LogP contribution in [0.25, 0.3) is 0 Å². The maximum Gasteiger partial charge on any atom is 0.230 e. The van der Waals surface area contributed by atoms with Crippen LogP contribution in [0.4, 0.5) is 5.95 Å². The largest absolute Gasteiger partial charge is 0.496 e. The first-order valence-corrected chi connectivity index (χ1v) is 8.39. The van der Waals surface area contributed by atoms with Crippen LogP contribution in [0, 0.1) is 0 Å². The van der Waals surface area contributed by atoms with E-state index in [2.05, 4.69) is 15.5 Å². The molecule has 3 rings (SSSR count). The van der Waals surface area contributed by atoms with Crippen LogP contribution in [-0.4, -0.2) is 33.5 Å². The van der Waals surface area contributed by atoms with E-state index in [0.717, 1.165) is 24.2 Å². The molecule has 122 valence electrons. The van der Waals surface area contributed by atoms with Crippen molar-refractivity contribution in [3.8, 4) is 5.75 Å². The number of anilines is 1. The average molecular weight is 333 g/mol. The van der Waals surface area contributed by atoms with Crippen LogP contribution in [0.3, 0.4) is 0 Å². The van der Waals surface area contributed by atoms with Crippen molar-refractivity contribution < 1.29 is 9.53 Å². The van der Waals surface area contributed by atoms with Gasteiger partial charge in [-0.05, 0) is 18.9 Å². The third kappa shape index (κ3) is 3.76. The van der Waals surface area contributed by atoms with Gasteiger partial charge in [0.05, 0.1) is 12.9 Å². The van der Waals surface area contributed by atoms with Gasteiger partial charge in [0.15, 0.2) is 5.16 Å². The number of methoxy groups -OCH3 is 1. The number of benzene rings is 1. The molecule has 23 heavy (non-hydrogen) atoms. The van der Waals surface area contributed by atoms with E-state index >= 15 is 0 Å². The lowest BCUT2D eigenvalue weighted by molar-refractivity contribution is -0.118. The number of hydrogen-bond acceptors (Lipinski definition) is 6. The Morgan fingerprint density at radius 3 is 2.96 bits per heavy atom. The van der Waals surface area contributed by atoms with Gasteiger partial charge in [-0.1, -0.05) is 30.0 Å². The summed E-state index contributed by atoms with van der Waals surface area (Å²) in [6.07, 6.45) is 2.19. The van der Waals surface area contributed by atoms with Crippen LogP contribution in [0.5, 0.6) is 5.75 Å². The number of nitrogens with zero attached hydrogens (tertiary/aromatic N) is 3. The second kappa shape index (κ2) is 6.91. The number of carbonyl (C=O) groups excluding carboxylic acids is 1. The van der Waals surface area contributed by atoms with Gasteiger partial charge in [-0.25, -0.2) is 0 Å². The lowest BCUT2D eigenvalue weighted by Gasteiger charge is -2.09. The van der Waals surface area contributed by atoms with E-state index in [1.54, 1.807) is 7.11 Å². The minimum Gasteiger partial charge on any atom is -0.496 e. The molecule has 1 heterocycles. The summed E-state index contributed by atoms with van der Waals surface area (Å²) in [5.74, 6) is 1.40. The van der Waals surface area contributed by atoms with Crippen molar-refractivity contribution >= 4 is 23.6 Å². The van der Waals surface area contributed by atoms with E-state index in [-0.39, 0.29) is 11.7 Å². The van der Waals surface area contributed by atoms with Crippen LogP contribution in [-0.2, 0) is 11.3 Å². The minimum atomic E-state index is -0.0650. The quantitative estimate of drug-likeness (QED) is 0.748. The van der Waals surface area contributed by atoms with Gasteiger partial charge in [0.2, 0.25) is 11.9 Å². The lowest BCUT2D eigenvalue weighted by Crippen LogP contribution is -2.25. The fourth-order valence-corrected chi connectivity index (χ4v) is 3.13. The van der Waals surface area contributed by atoms with E-state index in [0.29, 0.717) is 23.7 Å². The summed E-state index contributed by atoms with van der Waals surface area (Å²) < 4.78 is 7.18. The van der Waals surface area contributed by atoms with Gasteiger partial charge >= 0.3 is 0 Å². The Kier molecular flexibility index (Phi) is 4.71. The molecule has 0 saturated heterocycles. The normalized spacial score (nSPS) is 13.8. The first kappa shape index (κ1) is 15.7. The molecule has 0 aliphatic heterocycles. The highest BCUT2D eigenvalue weighted by atomic mass is 32.2. The second-order valence-corrected chi connectivity index (χ2v) is 6.26. The summed E-state index contributed by atoms with van der Waals surface area (Å²) in [4.78, 5) is 12.0. The third-order valence-electron chi connectivity index (χ3n) is 3.60. The predicted molar refractivity (Wildman–Crippen MR) is 88.3 cm³/mol. The van der Waals surface area contributed by atoms with Crippen molar-refractivity contribution in [1.29, 1.82) is 0 Å². The number of ether oxygens (including phenoxy) is 1. The Labute approximate surface area is 138 Å². The van der Waals surface area contributed by atoms with E-state index in [1.807, 2.05) is 28.8 Å². The summed E-state index contributed by atoms with van der Waals surface area (Å²) in [6.45, 7) is 0.431. The van der Waals surface area contributed by atoms with Crippen LogP contribution < -0.4 is 15.8 Å². The van der Waals surface area contributed by atoms with Gasteiger partial charge in [0.1, 0.15) is 5.75 Å². The molecule has 1 amide bonds. The average Bonchev–Trinajstić information content (AvgIpc) is 3.34. The highest BCUT2D eigenvalue weighted by molar-refractivity contribution is 7.99. The zero-order valence-corrected chi connectivity index (χ0v) is 13.7. The van der Waals surface area contributed by atoms with Crippen molar-refractivity contribution in [3.63, 3.8) is 0 Å². The van der Waals surface area contributed by atoms with Crippen molar-refractivity contribution in [3.05, 3.63) is 29.8 Å². The van der Waals surface area contributed by atoms with Gasteiger partial charge in [0.25, 0.3) is 0 Å². The number of nitrogens with two attached hydrogens (primary N) is 1. The van der Waals surface area contributed by atoms with Crippen LogP contribution in [0.1, 0.15) is 24.4 Å². The molecule has 1 aromatic carbocycles. The van der Waals surface area contributed by atoms with E-state index < -0.39 is 0 Å². The molecule has 1 aromatic heterocycles. The monoisotopic (exact) mass is 333 g/mol. The fourth-order valence-electron chi connectivity index (χ4n) is 2.29. The molecule has 7 nitrogen and oxygen atoms in total. The number of para-hydroxylation sites is 1. The molecule has 0 radical (unpaired) electrons. The van der Waals surface area contributed by atoms with Crippen LogP contribution >= 0.6 is 11.8 Å². The molecule has 1 aliphatic carbocycles. The van der Waals surface area contributed by atoms with E-state index in [1.165, 1.54) is 11.8 Å². The van der Waals surface area contributed by atoms with Crippen molar-refractivity contribution in [2.75, 3.05) is 18.6 Å². The standard InChI is InChI=1S/C15H19N5O2S/c1-22-12-5-3-2-4-10(12)8-17-13(21)9-23-15-19-18-14(16)20(15)11-6-7-11/h2-5,11H,6-9H2,1H3,(H2,16,18)(H,17,21). The van der Waals surface area contributed by atoms with Crippen molar-refractivity contribution in [1.82, 2.24) is 20.1 Å². The Morgan fingerprint density at radius 1 is 1.43 bits per heavy atom. The van der Waals surface area contributed by atoms with E-state index in [9.17, 15) is 4.79 Å². The summed E-state index contributed by atoms with van der Waals surface area (Å²) in [5, 5.41) is 11.5. The molecule has 0 bridgehead atoms. The van der Waals surface area contributed by atoms with Crippen LogP contribution in [0.15, 0.2) is 29.4 Å². The third-order valence-corrected chi connectivity index (χ3v) is 4.55. The first-order valence-electron chi connectivity index (χ1n) is 7.41. The molecule has 1 saturated carbocycles. The van der Waals surface area contributed by atoms with Crippen molar-refractivity contribution in [2.45, 2.75) is 30.6 Å². The van der Waals surface area contributed by atoms with Crippen LogP contribution in [0.2, 0.25) is 0 Å². The topological polar surface area (TPSA) is 95.1 Å². The Bertz CT molecular complexity index is 699. The maximum atomic E-state index is 12.0. The van der Waals surface area contributed by atoms with Gasteiger partial charge in [-0.2, -0.15) is 0 Å².